The van der Waals surface area contributed by atoms with Crippen molar-refractivity contribution in [2.24, 2.45) is 0 Å². The van der Waals surface area contributed by atoms with E-state index in [0.29, 0.717) is 12.4 Å². The minimum atomic E-state index is 0.122. The van der Waals surface area contributed by atoms with Crippen molar-refractivity contribution < 1.29 is 9.53 Å². The van der Waals surface area contributed by atoms with Gasteiger partial charge in [0.05, 0.1) is 12.4 Å². The first-order valence-electron chi connectivity index (χ1n) is 9.35. The van der Waals surface area contributed by atoms with Crippen LogP contribution in [0.15, 0.2) is 41.8 Å². The molecule has 0 amide bonds. The van der Waals surface area contributed by atoms with E-state index >= 15 is 0 Å². The van der Waals surface area contributed by atoms with E-state index in [0.717, 1.165) is 34.3 Å². The van der Waals surface area contributed by atoms with Crippen molar-refractivity contribution in [3.05, 3.63) is 64.7 Å². The molecule has 0 aliphatic carbocycles. The van der Waals surface area contributed by atoms with Gasteiger partial charge in [-0.3, -0.25) is 9.36 Å². The summed E-state index contributed by atoms with van der Waals surface area (Å²) in [4.78, 5) is 17.3. The van der Waals surface area contributed by atoms with Crippen LogP contribution in [0.2, 0.25) is 0 Å². The molecule has 148 valence electrons. The quantitative estimate of drug-likeness (QED) is 0.414. The standard InChI is InChI=1S/C22H27N3O2S/c1-15-6-7-19(12-16(15)2)25-9-8-23-22(25)28-14-21(26)20-13-17(3)24(18(20)4)10-11-27-5/h6-9,12-13H,10-11,14H2,1-5H3. The molecule has 6 heteroatoms. The van der Waals surface area contributed by atoms with Crippen LogP contribution in [0, 0.1) is 27.7 Å². The summed E-state index contributed by atoms with van der Waals surface area (Å²) in [6, 6.07) is 8.31. The van der Waals surface area contributed by atoms with Crippen molar-refractivity contribution in [1.29, 1.82) is 0 Å². The average Bonchev–Trinajstić information content (AvgIpc) is 3.25. The summed E-state index contributed by atoms with van der Waals surface area (Å²) < 4.78 is 9.34. The van der Waals surface area contributed by atoms with Crippen LogP contribution in [0.25, 0.3) is 5.69 Å². The highest BCUT2D eigenvalue weighted by Crippen LogP contribution is 2.24. The summed E-state index contributed by atoms with van der Waals surface area (Å²) in [5, 5.41) is 0.824. The molecule has 2 heterocycles. The molecule has 2 aromatic heterocycles. The Morgan fingerprint density at radius 2 is 1.93 bits per heavy atom. The molecule has 0 atom stereocenters. The number of benzene rings is 1. The van der Waals surface area contributed by atoms with E-state index in [4.69, 9.17) is 4.74 Å². The number of aryl methyl sites for hydroxylation is 3. The summed E-state index contributed by atoms with van der Waals surface area (Å²) in [5.41, 5.74) is 6.43. The van der Waals surface area contributed by atoms with Gasteiger partial charge in [0.25, 0.3) is 0 Å². The van der Waals surface area contributed by atoms with Crippen LogP contribution in [-0.4, -0.2) is 39.4 Å². The van der Waals surface area contributed by atoms with Crippen LogP contribution in [0.5, 0.6) is 0 Å². The molecular weight excluding hydrogens is 370 g/mol. The molecule has 0 aliphatic rings. The molecule has 1 aromatic carbocycles. The molecule has 3 rings (SSSR count). The minimum absolute atomic E-state index is 0.122. The van der Waals surface area contributed by atoms with Crippen molar-refractivity contribution in [1.82, 2.24) is 14.1 Å². The fraction of sp³-hybridized carbons (Fsp3) is 0.364. The van der Waals surface area contributed by atoms with E-state index in [2.05, 4.69) is 41.6 Å². The molecule has 0 fully saturated rings. The lowest BCUT2D eigenvalue weighted by Crippen LogP contribution is -2.10. The van der Waals surface area contributed by atoms with Crippen molar-refractivity contribution in [3.8, 4) is 5.69 Å². The Bertz CT molecular complexity index is 988. The number of nitrogens with zero attached hydrogens (tertiary/aromatic N) is 3. The molecule has 5 nitrogen and oxygen atoms in total. The number of rotatable bonds is 8. The van der Waals surface area contributed by atoms with E-state index in [1.54, 1.807) is 13.3 Å². The second-order valence-corrected chi connectivity index (χ2v) is 7.93. The fourth-order valence-electron chi connectivity index (χ4n) is 3.29. The fourth-order valence-corrected chi connectivity index (χ4v) is 4.14. The van der Waals surface area contributed by atoms with Gasteiger partial charge in [0, 0.05) is 48.7 Å². The molecule has 0 radical (unpaired) electrons. The normalized spacial score (nSPS) is 11.2. The molecule has 28 heavy (non-hydrogen) atoms. The Labute approximate surface area is 170 Å². The van der Waals surface area contributed by atoms with Gasteiger partial charge in [-0.25, -0.2) is 4.98 Å². The van der Waals surface area contributed by atoms with Gasteiger partial charge in [-0.05, 0) is 57.0 Å². The van der Waals surface area contributed by atoms with Crippen molar-refractivity contribution in [2.45, 2.75) is 39.4 Å². The molecule has 0 saturated carbocycles. The van der Waals surface area contributed by atoms with Crippen LogP contribution < -0.4 is 0 Å². The van der Waals surface area contributed by atoms with E-state index < -0.39 is 0 Å². The number of methoxy groups -OCH3 is 1. The number of aromatic nitrogens is 3. The lowest BCUT2D eigenvalue weighted by Gasteiger charge is -2.10. The van der Waals surface area contributed by atoms with Gasteiger partial charge in [-0.15, -0.1) is 0 Å². The second-order valence-electron chi connectivity index (χ2n) is 6.99. The molecule has 0 aliphatic heterocycles. The third kappa shape index (κ3) is 4.23. The zero-order chi connectivity index (χ0) is 20.3. The van der Waals surface area contributed by atoms with Gasteiger partial charge in [0.15, 0.2) is 10.9 Å². The first-order valence-corrected chi connectivity index (χ1v) is 10.3. The maximum atomic E-state index is 12.8. The number of carbonyl (C=O) groups is 1. The van der Waals surface area contributed by atoms with E-state index in [9.17, 15) is 4.79 Å². The molecule has 0 saturated heterocycles. The Morgan fingerprint density at radius 3 is 2.64 bits per heavy atom. The molecular formula is C22H27N3O2S. The molecule has 0 bridgehead atoms. The van der Waals surface area contributed by atoms with Gasteiger partial charge >= 0.3 is 0 Å². The first-order chi connectivity index (χ1) is 13.4. The van der Waals surface area contributed by atoms with Crippen LogP contribution in [-0.2, 0) is 11.3 Å². The highest BCUT2D eigenvalue weighted by Gasteiger charge is 2.17. The topological polar surface area (TPSA) is 49.1 Å². The number of hydrogen-bond acceptors (Lipinski definition) is 4. The second kappa shape index (κ2) is 8.80. The van der Waals surface area contributed by atoms with Crippen LogP contribution in [0.1, 0.15) is 32.9 Å². The lowest BCUT2D eigenvalue weighted by atomic mass is 10.1. The Kier molecular flexibility index (Phi) is 6.42. The maximum Gasteiger partial charge on any atom is 0.175 e. The number of carbonyl (C=O) groups excluding carboxylic acids is 1. The number of ketones is 1. The largest absolute Gasteiger partial charge is 0.383 e. The number of Topliss-reactive ketones (excluding diaryl/α,β-unsaturated/α-hetero) is 1. The van der Waals surface area contributed by atoms with Crippen LogP contribution in [0.3, 0.4) is 0 Å². The smallest absolute Gasteiger partial charge is 0.175 e. The van der Waals surface area contributed by atoms with Crippen molar-refractivity contribution >= 4 is 17.5 Å². The predicted molar refractivity (Wildman–Crippen MR) is 114 cm³/mol. The highest BCUT2D eigenvalue weighted by atomic mass is 32.2. The third-order valence-electron chi connectivity index (χ3n) is 5.10. The molecule has 0 unspecified atom stereocenters. The summed E-state index contributed by atoms with van der Waals surface area (Å²) in [6.45, 7) is 9.61. The highest BCUT2D eigenvalue weighted by molar-refractivity contribution is 7.99. The van der Waals surface area contributed by atoms with Gasteiger partial charge < -0.3 is 9.30 Å². The average molecular weight is 398 g/mol. The summed E-state index contributed by atoms with van der Waals surface area (Å²) in [5.74, 6) is 0.479. The maximum absolute atomic E-state index is 12.8. The minimum Gasteiger partial charge on any atom is -0.383 e. The van der Waals surface area contributed by atoms with E-state index in [-0.39, 0.29) is 5.78 Å². The zero-order valence-corrected chi connectivity index (χ0v) is 18.0. The van der Waals surface area contributed by atoms with Gasteiger partial charge in [-0.2, -0.15) is 0 Å². The monoisotopic (exact) mass is 397 g/mol. The van der Waals surface area contributed by atoms with Gasteiger partial charge in [-0.1, -0.05) is 17.8 Å². The van der Waals surface area contributed by atoms with Crippen LogP contribution in [0.4, 0.5) is 0 Å². The number of ether oxygens (including phenoxy) is 1. The van der Waals surface area contributed by atoms with E-state index in [1.165, 1.54) is 22.9 Å². The molecule has 3 aromatic rings. The number of imidazole rings is 1. The van der Waals surface area contributed by atoms with Crippen LogP contribution >= 0.6 is 11.8 Å². The SMILES string of the molecule is COCCn1c(C)cc(C(=O)CSc2nccn2-c2ccc(C)c(C)c2)c1C. The number of hydrogen-bond donors (Lipinski definition) is 0. The van der Waals surface area contributed by atoms with E-state index in [1.807, 2.05) is 30.7 Å². The predicted octanol–water partition coefficient (Wildman–Crippen LogP) is 4.53. The van der Waals surface area contributed by atoms with Gasteiger partial charge in [0.2, 0.25) is 0 Å². The summed E-state index contributed by atoms with van der Waals surface area (Å²) >= 11 is 1.47. The van der Waals surface area contributed by atoms with Crippen molar-refractivity contribution in [2.75, 3.05) is 19.5 Å². The Morgan fingerprint density at radius 1 is 1.14 bits per heavy atom. The lowest BCUT2D eigenvalue weighted by molar-refractivity contribution is 0.102. The zero-order valence-electron chi connectivity index (χ0n) is 17.2. The third-order valence-corrected chi connectivity index (χ3v) is 6.07. The number of thioether (sulfide) groups is 1. The first kappa shape index (κ1) is 20.4. The van der Waals surface area contributed by atoms with Crippen molar-refractivity contribution in [3.63, 3.8) is 0 Å². The Hall–Kier alpha value is -2.31. The summed E-state index contributed by atoms with van der Waals surface area (Å²) in [7, 11) is 1.69. The Balaban J connectivity index is 1.74. The molecule has 0 spiro atoms. The summed E-state index contributed by atoms with van der Waals surface area (Å²) in [6.07, 6.45) is 3.71. The molecule has 0 N–H and O–H groups in total. The van der Waals surface area contributed by atoms with Gasteiger partial charge in [0.1, 0.15) is 0 Å².